The second-order valence-electron chi connectivity index (χ2n) is 4.90. The summed E-state index contributed by atoms with van der Waals surface area (Å²) < 4.78 is 14.1. The molecule has 1 amide bonds. The number of amides is 1. The molecule has 2 rings (SSSR count). The maximum absolute atomic E-state index is 13.6. The van der Waals surface area contributed by atoms with Gasteiger partial charge >= 0.3 is 0 Å². The minimum Gasteiger partial charge on any atom is -0.323 e. The van der Waals surface area contributed by atoms with Crippen LogP contribution in [0.15, 0.2) is 22.7 Å². The Morgan fingerprint density at radius 3 is 3.05 bits per heavy atom. The van der Waals surface area contributed by atoms with Crippen molar-refractivity contribution in [1.29, 1.82) is 0 Å². The number of anilines is 1. The number of hydrogen-bond acceptors (Lipinski definition) is 2. The highest BCUT2D eigenvalue weighted by molar-refractivity contribution is 9.10. The van der Waals surface area contributed by atoms with Gasteiger partial charge in [0.1, 0.15) is 5.82 Å². The van der Waals surface area contributed by atoms with Crippen LogP contribution in [0.5, 0.6) is 0 Å². The Morgan fingerprint density at radius 2 is 2.37 bits per heavy atom. The SMILES string of the molecule is O=C(CCC1CCCNC1)Nc1c(F)cccc1Br. The molecule has 5 heteroatoms. The van der Waals surface area contributed by atoms with Crippen molar-refractivity contribution < 1.29 is 9.18 Å². The number of carbonyl (C=O) groups is 1. The van der Waals surface area contributed by atoms with Crippen molar-refractivity contribution in [3.8, 4) is 0 Å². The third-order valence-electron chi connectivity index (χ3n) is 3.41. The van der Waals surface area contributed by atoms with Crippen LogP contribution in [0.1, 0.15) is 25.7 Å². The summed E-state index contributed by atoms with van der Waals surface area (Å²) in [5.41, 5.74) is 0.231. The molecule has 1 heterocycles. The largest absolute Gasteiger partial charge is 0.323 e. The van der Waals surface area contributed by atoms with Gasteiger partial charge in [0.15, 0.2) is 0 Å². The van der Waals surface area contributed by atoms with E-state index >= 15 is 0 Å². The van der Waals surface area contributed by atoms with Gasteiger partial charge in [0, 0.05) is 10.9 Å². The van der Waals surface area contributed by atoms with E-state index in [9.17, 15) is 9.18 Å². The molecule has 1 atom stereocenters. The summed E-state index contributed by atoms with van der Waals surface area (Å²) in [4.78, 5) is 11.8. The van der Waals surface area contributed by atoms with Gasteiger partial charge in [0.2, 0.25) is 5.91 Å². The topological polar surface area (TPSA) is 41.1 Å². The molecule has 1 unspecified atom stereocenters. The first kappa shape index (κ1) is 14.5. The van der Waals surface area contributed by atoms with E-state index in [-0.39, 0.29) is 11.6 Å². The zero-order valence-electron chi connectivity index (χ0n) is 10.7. The van der Waals surface area contributed by atoms with Crippen LogP contribution in [0, 0.1) is 11.7 Å². The average Bonchev–Trinajstić information content (AvgIpc) is 2.42. The summed E-state index contributed by atoms with van der Waals surface area (Å²) >= 11 is 3.24. The highest BCUT2D eigenvalue weighted by atomic mass is 79.9. The Labute approximate surface area is 121 Å². The second kappa shape index (κ2) is 7.01. The molecule has 3 nitrogen and oxygen atoms in total. The van der Waals surface area contributed by atoms with Crippen LogP contribution < -0.4 is 10.6 Å². The number of hydrogen-bond donors (Lipinski definition) is 2. The predicted octanol–water partition coefficient (Wildman–Crippen LogP) is 3.31. The van der Waals surface area contributed by atoms with Gasteiger partial charge in [-0.2, -0.15) is 0 Å². The number of halogens is 2. The first-order valence-electron chi connectivity index (χ1n) is 6.61. The van der Waals surface area contributed by atoms with Crippen molar-refractivity contribution in [3.63, 3.8) is 0 Å². The third-order valence-corrected chi connectivity index (χ3v) is 4.07. The number of nitrogens with one attached hydrogen (secondary N) is 2. The summed E-state index contributed by atoms with van der Waals surface area (Å²) in [6, 6.07) is 4.65. The molecule has 2 N–H and O–H groups in total. The number of carbonyl (C=O) groups excluding carboxylic acids is 1. The molecule has 0 aliphatic carbocycles. The first-order valence-corrected chi connectivity index (χ1v) is 7.40. The Hall–Kier alpha value is -0.940. The summed E-state index contributed by atoms with van der Waals surface area (Å²) in [5.74, 6) is 0.0157. The standard InChI is InChI=1S/C14H18BrFN2O/c15-11-4-1-5-12(16)14(11)18-13(19)7-6-10-3-2-8-17-9-10/h1,4-5,10,17H,2-3,6-9H2,(H,18,19). The lowest BCUT2D eigenvalue weighted by Gasteiger charge is -2.22. The smallest absolute Gasteiger partial charge is 0.224 e. The summed E-state index contributed by atoms with van der Waals surface area (Å²) in [5, 5.41) is 5.96. The first-order chi connectivity index (χ1) is 9.16. The van der Waals surface area contributed by atoms with Crippen LogP contribution >= 0.6 is 15.9 Å². The van der Waals surface area contributed by atoms with Crippen LogP contribution in [0.2, 0.25) is 0 Å². The summed E-state index contributed by atoms with van der Waals surface area (Å²) in [6.07, 6.45) is 3.63. The fourth-order valence-electron chi connectivity index (χ4n) is 2.32. The number of para-hydroxylation sites is 1. The summed E-state index contributed by atoms with van der Waals surface area (Å²) in [7, 11) is 0. The lowest BCUT2D eigenvalue weighted by molar-refractivity contribution is -0.116. The van der Waals surface area contributed by atoms with Crippen LogP contribution in [0.4, 0.5) is 10.1 Å². The van der Waals surface area contributed by atoms with E-state index in [1.807, 2.05) is 0 Å². The fraction of sp³-hybridized carbons (Fsp3) is 0.500. The minimum absolute atomic E-state index is 0.128. The molecule has 1 saturated heterocycles. The predicted molar refractivity (Wildman–Crippen MR) is 77.6 cm³/mol. The van der Waals surface area contributed by atoms with Crippen LogP contribution in [0.25, 0.3) is 0 Å². The monoisotopic (exact) mass is 328 g/mol. The quantitative estimate of drug-likeness (QED) is 0.890. The zero-order valence-corrected chi connectivity index (χ0v) is 12.3. The van der Waals surface area contributed by atoms with Crippen molar-refractivity contribution in [1.82, 2.24) is 5.32 Å². The lowest BCUT2D eigenvalue weighted by atomic mass is 9.94. The average molecular weight is 329 g/mol. The molecule has 0 spiro atoms. The molecule has 1 aliphatic rings. The van der Waals surface area contributed by atoms with Crippen LogP contribution in [0.3, 0.4) is 0 Å². The molecule has 19 heavy (non-hydrogen) atoms. The summed E-state index contributed by atoms with van der Waals surface area (Å²) in [6.45, 7) is 2.06. The van der Waals surface area contributed by atoms with Crippen LogP contribution in [-0.2, 0) is 4.79 Å². The van der Waals surface area contributed by atoms with Gasteiger partial charge in [-0.05, 0) is 66.3 Å². The van der Waals surface area contributed by atoms with E-state index in [2.05, 4.69) is 26.6 Å². The van der Waals surface area contributed by atoms with Gasteiger partial charge in [-0.25, -0.2) is 4.39 Å². The third kappa shape index (κ3) is 4.28. The van der Waals surface area contributed by atoms with E-state index in [0.29, 0.717) is 16.8 Å². The Bertz CT molecular complexity index is 427. The molecule has 0 aromatic heterocycles. The Balaban J connectivity index is 1.83. The van der Waals surface area contributed by atoms with Crippen molar-refractivity contribution in [2.75, 3.05) is 18.4 Å². The fourth-order valence-corrected chi connectivity index (χ4v) is 2.77. The molecule has 1 aromatic rings. The number of benzene rings is 1. The normalized spacial score (nSPS) is 19.2. The van der Waals surface area contributed by atoms with Gasteiger partial charge in [-0.3, -0.25) is 4.79 Å². The number of rotatable bonds is 4. The maximum Gasteiger partial charge on any atom is 0.224 e. The van der Waals surface area contributed by atoms with E-state index < -0.39 is 5.82 Å². The zero-order chi connectivity index (χ0) is 13.7. The highest BCUT2D eigenvalue weighted by Crippen LogP contribution is 2.25. The number of piperidine rings is 1. The molecule has 1 aromatic carbocycles. The van der Waals surface area contributed by atoms with Crippen molar-refractivity contribution in [3.05, 3.63) is 28.5 Å². The molecule has 0 bridgehead atoms. The van der Waals surface area contributed by atoms with Gasteiger partial charge in [0.25, 0.3) is 0 Å². The van der Waals surface area contributed by atoms with Gasteiger partial charge in [-0.1, -0.05) is 6.07 Å². The van der Waals surface area contributed by atoms with E-state index in [1.165, 1.54) is 18.9 Å². The molecule has 104 valence electrons. The second-order valence-corrected chi connectivity index (χ2v) is 5.75. The minimum atomic E-state index is -0.415. The van der Waals surface area contributed by atoms with E-state index in [4.69, 9.17) is 0 Å². The molecule has 0 saturated carbocycles. The Kier molecular flexibility index (Phi) is 5.34. The van der Waals surface area contributed by atoms with Gasteiger partial charge in [-0.15, -0.1) is 0 Å². The molecular weight excluding hydrogens is 311 g/mol. The molecule has 1 fully saturated rings. The van der Waals surface area contributed by atoms with Gasteiger partial charge in [0.05, 0.1) is 5.69 Å². The van der Waals surface area contributed by atoms with Gasteiger partial charge < -0.3 is 10.6 Å². The molecular formula is C14H18BrFN2O. The van der Waals surface area contributed by atoms with Crippen molar-refractivity contribution in [2.24, 2.45) is 5.92 Å². The van der Waals surface area contributed by atoms with E-state index in [1.54, 1.807) is 12.1 Å². The van der Waals surface area contributed by atoms with Crippen molar-refractivity contribution >= 4 is 27.5 Å². The van der Waals surface area contributed by atoms with Crippen molar-refractivity contribution in [2.45, 2.75) is 25.7 Å². The lowest BCUT2D eigenvalue weighted by Crippen LogP contribution is -2.30. The van der Waals surface area contributed by atoms with Crippen LogP contribution in [-0.4, -0.2) is 19.0 Å². The Morgan fingerprint density at radius 1 is 1.53 bits per heavy atom. The molecule has 1 aliphatic heterocycles. The maximum atomic E-state index is 13.6. The molecule has 0 radical (unpaired) electrons. The highest BCUT2D eigenvalue weighted by Gasteiger charge is 2.15. The van der Waals surface area contributed by atoms with E-state index in [0.717, 1.165) is 19.5 Å².